The van der Waals surface area contributed by atoms with Crippen LogP contribution < -0.4 is 5.32 Å². The Labute approximate surface area is 108 Å². The molecule has 5 atom stereocenters. The summed E-state index contributed by atoms with van der Waals surface area (Å²) in [7, 11) is 0. The van der Waals surface area contributed by atoms with E-state index in [1.807, 2.05) is 0 Å². The van der Waals surface area contributed by atoms with Gasteiger partial charge in [0.25, 0.3) is 0 Å². The first-order chi connectivity index (χ1) is 8.79. The maximum absolute atomic E-state index is 12.4. The lowest BCUT2D eigenvalue weighted by molar-refractivity contribution is -0.124. The molecule has 0 heterocycles. The lowest BCUT2D eigenvalue weighted by Crippen LogP contribution is -2.39. The van der Waals surface area contributed by atoms with E-state index in [2.05, 4.69) is 5.32 Å². The minimum Gasteiger partial charge on any atom is -0.396 e. The molecule has 0 aromatic heterocycles. The maximum Gasteiger partial charge on any atom is 0.223 e. The van der Waals surface area contributed by atoms with Gasteiger partial charge in [-0.15, -0.1) is 0 Å². The Hall–Kier alpha value is -0.570. The van der Waals surface area contributed by atoms with Gasteiger partial charge in [-0.05, 0) is 68.1 Å². The first kappa shape index (κ1) is 11.3. The Kier molecular flexibility index (Phi) is 2.48. The van der Waals surface area contributed by atoms with E-state index in [4.69, 9.17) is 5.11 Å². The van der Waals surface area contributed by atoms with E-state index in [0.29, 0.717) is 17.7 Å². The molecule has 0 aliphatic heterocycles. The van der Waals surface area contributed by atoms with Crippen molar-refractivity contribution in [1.29, 1.82) is 0 Å². The lowest BCUT2D eigenvalue weighted by Gasteiger charge is -2.18. The number of rotatable bonds is 5. The normalized spacial score (nSPS) is 45.7. The van der Waals surface area contributed by atoms with Crippen molar-refractivity contribution < 1.29 is 9.90 Å². The van der Waals surface area contributed by atoms with Crippen LogP contribution in [0.3, 0.4) is 0 Å². The number of hydrogen-bond acceptors (Lipinski definition) is 2. The molecule has 1 amide bonds. The standard InChI is InChI=1S/C15H23NO2/c17-6-5-11(8-1-2-8)16-15(18)14-12-9-3-4-10(7-9)13(12)14/h8-14,17H,1-7H2,(H,16,18). The van der Waals surface area contributed by atoms with Gasteiger partial charge in [-0.1, -0.05) is 0 Å². The minimum atomic E-state index is 0.199. The van der Waals surface area contributed by atoms with Gasteiger partial charge in [0, 0.05) is 18.6 Å². The van der Waals surface area contributed by atoms with Crippen LogP contribution in [-0.4, -0.2) is 23.7 Å². The number of carbonyl (C=O) groups is 1. The van der Waals surface area contributed by atoms with E-state index in [1.54, 1.807) is 0 Å². The zero-order valence-electron chi connectivity index (χ0n) is 10.8. The first-order valence-electron chi connectivity index (χ1n) is 7.71. The van der Waals surface area contributed by atoms with E-state index >= 15 is 0 Å². The minimum absolute atomic E-state index is 0.199. The zero-order valence-corrected chi connectivity index (χ0v) is 10.8. The average Bonchev–Trinajstić information content (AvgIpc) is 3.27. The third kappa shape index (κ3) is 1.63. The second kappa shape index (κ2) is 3.96. The van der Waals surface area contributed by atoms with E-state index in [0.717, 1.165) is 30.1 Å². The van der Waals surface area contributed by atoms with Gasteiger partial charge in [0.15, 0.2) is 0 Å². The molecule has 0 spiro atoms. The molecule has 0 radical (unpaired) electrons. The Bertz CT molecular complexity index is 350. The Balaban J connectivity index is 1.37. The highest BCUT2D eigenvalue weighted by molar-refractivity contribution is 5.83. The van der Waals surface area contributed by atoms with E-state index in [-0.39, 0.29) is 12.6 Å². The number of nitrogens with one attached hydrogen (secondary N) is 1. The van der Waals surface area contributed by atoms with Crippen LogP contribution in [0.2, 0.25) is 0 Å². The fourth-order valence-corrected chi connectivity index (χ4v) is 5.02. The molecular weight excluding hydrogens is 226 g/mol. The second-order valence-electron chi connectivity index (χ2n) is 6.98. The SMILES string of the molecule is O=C(NC(CCO)C1CC1)C1C2C3CCC(C3)C12. The second-order valence-corrected chi connectivity index (χ2v) is 6.98. The molecule has 2 bridgehead atoms. The lowest BCUT2D eigenvalue weighted by atomic mass is 10.0. The summed E-state index contributed by atoms with van der Waals surface area (Å²) in [6.07, 6.45) is 7.35. The summed E-state index contributed by atoms with van der Waals surface area (Å²) in [6.45, 7) is 0.199. The molecule has 4 saturated carbocycles. The topological polar surface area (TPSA) is 49.3 Å². The van der Waals surface area contributed by atoms with Gasteiger partial charge in [-0.2, -0.15) is 0 Å². The van der Waals surface area contributed by atoms with Crippen LogP contribution in [-0.2, 0) is 4.79 Å². The molecule has 3 heteroatoms. The van der Waals surface area contributed by atoms with Crippen LogP contribution in [0.25, 0.3) is 0 Å². The van der Waals surface area contributed by atoms with Gasteiger partial charge in [0.05, 0.1) is 0 Å². The summed E-state index contributed by atoms with van der Waals surface area (Å²) in [5.74, 6) is 4.51. The van der Waals surface area contributed by atoms with Crippen LogP contribution >= 0.6 is 0 Å². The molecule has 4 aliphatic carbocycles. The molecular formula is C15H23NO2. The fraction of sp³-hybridized carbons (Fsp3) is 0.933. The molecule has 4 rings (SSSR count). The molecule has 0 saturated heterocycles. The molecule has 18 heavy (non-hydrogen) atoms. The van der Waals surface area contributed by atoms with Gasteiger partial charge >= 0.3 is 0 Å². The largest absolute Gasteiger partial charge is 0.396 e. The van der Waals surface area contributed by atoms with Crippen LogP contribution in [0.5, 0.6) is 0 Å². The third-order valence-corrected chi connectivity index (χ3v) is 6.00. The Morgan fingerprint density at radius 3 is 2.39 bits per heavy atom. The third-order valence-electron chi connectivity index (χ3n) is 6.00. The smallest absolute Gasteiger partial charge is 0.223 e. The predicted octanol–water partition coefficient (Wildman–Crippen LogP) is 1.56. The molecule has 4 fully saturated rings. The number of fused-ring (bicyclic) bond motifs is 5. The fourth-order valence-electron chi connectivity index (χ4n) is 5.02. The van der Waals surface area contributed by atoms with Crippen molar-refractivity contribution in [2.75, 3.05) is 6.61 Å². The van der Waals surface area contributed by atoms with E-state index in [1.165, 1.54) is 32.1 Å². The van der Waals surface area contributed by atoms with Crippen molar-refractivity contribution in [2.45, 2.75) is 44.6 Å². The molecule has 100 valence electrons. The summed E-state index contributed by atoms with van der Waals surface area (Å²) in [4.78, 5) is 12.4. The van der Waals surface area contributed by atoms with Crippen molar-refractivity contribution in [1.82, 2.24) is 5.32 Å². The highest BCUT2D eigenvalue weighted by Crippen LogP contribution is 2.69. The summed E-state index contributed by atoms with van der Waals surface area (Å²) >= 11 is 0. The van der Waals surface area contributed by atoms with Crippen LogP contribution in [0, 0.1) is 35.5 Å². The zero-order chi connectivity index (χ0) is 12.3. The first-order valence-corrected chi connectivity index (χ1v) is 7.71. The van der Waals surface area contributed by atoms with Crippen molar-refractivity contribution in [3.8, 4) is 0 Å². The van der Waals surface area contributed by atoms with Gasteiger partial charge in [0.2, 0.25) is 5.91 Å². The van der Waals surface area contributed by atoms with Gasteiger partial charge in [-0.3, -0.25) is 4.79 Å². The van der Waals surface area contributed by atoms with Gasteiger partial charge in [0.1, 0.15) is 0 Å². The molecule has 2 N–H and O–H groups in total. The quantitative estimate of drug-likeness (QED) is 0.777. The van der Waals surface area contributed by atoms with Crippen LogP contribution in [0.4, 0.5) is 0 Å². The average molecular weight is 249 g/mol. The van der Waals surface area contributed by atoms with Crippen molar-refractivity contribution in [3.63, 3.8) is 0 Å². The van der Waals surface area contributed by atoms with Crippen LogP contribution in [0.1, 0.15) is 38.5 Å². The molecule has 4 aliphatic rings. The molecule has 0 aromatic carbocycles. The van der Waals surface area contributed by atoms with Gasteiger partial charge < -0.3 is 10.4 Å². The highest BCUT2D eigenvalue weighted by atomic mass is 16.3. The van der Waals surface area contributed by atoms with Crippen molar-refractivity contribution in [3.05, 3.63) is 0 Å². The van der Waals surface area contributed by atoms with E-state index in [9.17, 15) is 4.79 Å². The number of aliphatic hydroxyl groups is 1. The number of amides is 1. The Morgan fingerprint density at radius 1 is 1.17 bits per heavy atom. The Morgan fingerprint density at radius 2 is 1.83 bits per heavy atom. The summed E-state index contributed by atoms with van der Waals surface area (Å²) < 4.78 is 0. The monoisotopic (exact) mass is 249 g/mol. The summed E-state index contributed by atoms with van der Waals surface area (Å²) in [5.41, 5.74) is 0. The number of hydrogen-bond donors (Lipinski definition) is 2. The number of aliphatic hydroxyl groups excluding tert-OH is 1. The van der Waals surface area contributed by atoms with Gasteiger partial charge in [-0.25, -0.2) is 0 Å². The van der Waals surface area contributed by atoms with Crippen molar-refractivity contribution in [2.24, 2.45) is 35.5 Å². The predicted molar refractivity (Wildman–Crippen MR) is 67.7 cm³/mol. The molecule has 0 aromatic rings. The summed E-state index contributed by atoms with van der Waals surface area (Å²) in [5, 5.41) is 12.3. The highest BCUT2D eigenvalue weighted by Gasteiger charge is 2.67. The van der Waals surface area contributed by atoms with E-state index < -0.39 is 0 Å². The summed E-state index contributed by atoms with van der Waals surface area (Å²) in [6, 6.07) is 0.251. The molecule has 5 unspecified atom stereocenters. The number of carbonyl (C=O) groups excluding carboxylic acids is 1. The van der Waals surface area contributed by atoms with Crippen molar-refractivity contribution >= 4 is 5.91 Å². The molecule has 3 nitrogen and oxygen atoms in total. The van der Waals surface area contributed by atoms with Crippen LogP contribution in [0.15, 0.2) is 0 Å². The maximum atomic E-state index is 12.4.